The Bertz CT molecular complexity index is 2780. The van der Waals surface area contributed by atoms with E-state index >= 15 is 0 Å². The van der Waals surface area contributed by atoms with Crippen LogP contribution in [0.2, 0.25) is 0 Å². The summed E-state index contributed by atoms with van der Waals surface area (Å²) >= 11 is 0. The first-order valence-electron chi connectivity index (χ1n) is 17.7. The number of aromatic nitrogens is 2. The molecular weight excluding hydrogens is 764 g/mol. The average molecular weight is 803 g/mol. The third-order valence-electron chi connectivity index (χ3n) is 10.2. The molecule has 0 fully saturated rings. The lowest BCUT2D eigenvalue weighted by atomic mass is 9.87. The van der Waals surface area contributed by atoms with Crippen LogP contribution in [0.1, 0.15) is 20.8 Å². The normalized spacial score (nSPS) is 11.6. The van der Waals surface area contributed by atoms with E-state index in [2.05, 4.69) is 13.2 Å². The van der Waals surface area contributed by atoms with E-state index in [9.17, 15) is 61.3 Å². The quantitative estimate of drug-likeness (QED) is 0.0451. The summed E-state index contributed by atoms with van der Waals surface area (Å²) in [5, 5.41) is 134. The molecule has 0 spiro atoms. The molecule has 0 radical (unpaired) electrons. The van der Waals surface area contributed by atoms with E-state index in [1.165, 1.54) is 9.13 Å². The number of aliphatic hydroxyl groups excluding tert-OH is 1. The fourth-order valence-corrected chi connectivity index (χ4v) is 7.11. The summed E-state index contributed by atoms with van der Waals surface area (Å²) < 4.78 is 2.97. The van der Waals surface area contributed by atoms with Crippen LogP contribution in [-0.2, 0) is 0 Å². The highest BCUT2D eigenvalue weighted by molar-refractivity contribution is 6.18. The maximum absolute atomic E-state index is 10.8. The molecule has 0 aliphatic rings. The Balaban J connectivity index is 0.000000528. The zero-order valence-corrected chi connectivity index (χ0v) is 31.6. The molecule has 6 aromatic carbocycles. The van der Waals surface area contributed by atoms with E-state index in [4.69, 9.17) is 5.11 Å². The molecule has 0 unspecified atom stereocenters. The van der Waals surface area contributed by atoms with Gasteiger partial charge < -0.3 is 75.5 Å². The zero-order chi connectivity index (χ0) is 43.2. The minimum absolute atomic E-state index is 0.0637. The first-order chi connectivity index (χ1) is 27.6. The van der Waals surface area contributed by atoms with Gasteiger partial charge in [-0.2, -0.15) is 0 Å². The molecule has 15 heteroatoms. The van der Waals surface area contributed by atoms with Crippen molar-refractivity contribution in [3.05, 3.63) is 97.3 Å². The Morgan fingerprint density at radius 2 is 0.695 bits per heavy atom. The van der Waals surface area contributed by atoms with Gasteiger partial charge in [0.25, 0.3) is 0 Å². The monoisotopic (exact) mass is 802 g/mol. The number of nitrogens with zero attached hydrogens (tertiary/aromatic N) is 2. The summed E-state index contributed by atoms with van der Waals surface area (Å²) in [6.07, 6.45) is 0. The number of benzene rings is 6. The predicted octanol–water partition coefficient (Wildman–Crippen LogP) is 8.68. The third-order valence-corrected chi connectivity index (χ3v) is 10.2. The molecule has 15 nitrogen and oxygen atoms in total. The van der Waals surface area contributed by atoms with Gasteiger partial charge >= 0.3 is 0 Å². The van der Waals surface area contributed by atoms with Gasteiger partial charge in [0.2, 0.25) is 23.0 Å². The molecular formula is C44H38N2O13. The lowest BCUT2D eigenvalue weighted by Crippen LogP contribution is -2.09. The van der Waals surface area contributed by atoms with E-state index in [0.29, 0.717) is 28.1 Å². The second kappa shape index (κ2) is 13.5. The van der Waals surface area contributed by atoms with Crippen molar-refractivity contribution in [2.75, 3.05) is 0 Å². The molecule has 2 heterocycles. The highest BCUT2D eigenvalue weighted by Gasteiger charge is 2.28. The van der Waals surface area contributed by atoms with Crippen molar-refractivity contribution in [3.8, 4) is 91.5 Å². The lowest BCUT2D eigenvalue weighted by molar-refractivity contribution is 0.369. The Kier molecular flexibility index (Phi) is 8.92. The predicted molar refractivity (Wildman–Crippen MR) is 221 cm³/mol. The summed E-state index contributed by atoms with van der Waals surface area (Å²) in [7, 11) is 0. The number of phenolic OH excluding ortho intramolecular Hbond substituents is 12. The van der Waals surface area contributed by atoms with Crippen molar-refractivity contribution in [2.24, 2.45) is 5.41 Å². The van der Waals surface area contributed by atoms with Crippen molar-refractivity contribution in [3.63, 3.8) is 0 Å². The molecule has 8 aromatic rings. The third kappa shape index (κ3) is 5.99. The standard InChI is InChI=1S/C36H24N2O12.C8H14O/c39-21-9-17-25(33(47)29(21)43)26-18(10-22(40)30(44)34(26)48)37(17)15-5-1-3-13(7-15)14-4-2-6-16(8-14)38-19-11-23(41)31(45)35(49)27(19)28-20(38)12-24(42)32(46)36(28)50;1-6(7(2)9)8(3,4)5/h1-12,39-50H;9H,1-2H2,3-5H3. The smallest absolute Gasteiger partial charge is 0.201 e. The van der Waals surface area contributed by atoms with Crippen LogP contribution < -0.4 is 0 Å². The maximum Gasteiger partial charge on any atom is 0.201 e. The van der Waals surface area contributed by atoms with Gasteiger partial charge in [0.15, 0.2) is 46.0 Å². The molecule has 13 N–H and O–H groups in total. The number of fused-ring (bicyclic) bond motifs is 6. The summed E-state index contributed by atoms with van der Waals surface area (Å²) in [4.78, 5) is 0. The summed E-state index contributed by atoms with van der Waals surface area (Å²) in [6.45, 7) is 13.0. The van der Waals surface area contributed by atoms with E-state index in [-0.39, 0.29) is 54.8 Å². The van der Waals surface area contributed by atoms with Crippen molar-refractivity contribution in [2.45, 2.75) is 20.8 Å². The van der Waals surface area contributed by atoms with Crippen LogP contribution in [-0.4, -0.2) is 75.5 Å². The first-order valence-corrected chi connectivity index (χ1v) is 17.7. The zero-order valence-electron chi connectivity index (χ0n) is 31.6. The van der Waals surface area contributed by atoms with Gasteiger partial charge in [-0.3, -0.25) is 0 Å². The lowest BCUT2D eigenvalue weighted by Gasteiger charge is -2.19. The summed E-state index contributed by atoms with van der Waals surface area (Å²) in [5.41, 5.74) is 3.03. The van der Waals surface area contributed by atoms with Crippen LogP contribution in [0.5, 0.6) is 69.0 Å². The Labute approximate surface area is 333 Å². The van der Waals surface area contributed by atoms with Crippen LogP contribution in [0.3, 0.4) is 0 Å². The minimum Gasteiger partial charge on any atom is -0.508 e. The second-order valence-corrected chi connectivity index (χ2v) is 14.9. The number of allylic oxidation sites excluding steroid dienone is 1. The van der Waals surface area contributed by atoms with Crippen molar-refractivity contribution in [1.82, 2.24) is 9.13 Å². The van der Waals surface area contributed by atoms with Crippen LogP contribution >= 0.6 is 0 Å². The number of phenols is 12. The maximum atomic E-state index is 10.8. The molecule has 0 aliphatic heterocycles. The van der Waals surface area contributed by atoms with Gasteiger partial charge in [0, 0.05) is 35.6 Å². The Hall–Kier alpha value is -8.20. The van der Waals surface area contributed by atoms with E-state index in [1.807, 2.05) is 20.8 Å². The van der Waals surface area contributed by atoms with E-state index in [1.54, 1.807) is 48.5 Å². The Morgan fingerprint density at radius 3 is 0.915 bits per heavy atom. The van der Waals surface area contributed by atoms with Gasteiger partial charge in [0.1, 0.15) is 5.76 Å². The number of hydrogen-bond acceptors (Lipinski definition) is 13. The number of rotatable bonds is 4. The topological polar surface area (TPSA) is 273 Å². The van der Waals surface area contributed by atoms with Gasteiger partial charge in [-0.1, -0.05) is 58.2 Å². The van der Waals surface area contributed by atoms with E-state index < -0.39 is 69.0 Å². The highest BCUT2D eigenvalue weighted by Crippen LogP contribution is 2.54. The van der Waals surface area contributed by atoms with Gasteiger partial charge in [-0.05, 0) is 46.4 Å². The van der Waals surface area contributed by atoms with E-state index in [0.717, 1.165) is 24.3 Å². The molecule has 0 amide bonds. The number of aromatic hydroxyl groups is 12. The van der Waals surface area contributed by atoms with Gasteiger partial charge in [-0.25, -0.2) is 0 Å². The molecule has 0 bridgehead atoms. The molecule has 0 aliphatic carbocycles. The highest BCUT2D eigenvalue weighted by atomic mass is 16.3. The molecule has 0 atom stereocenters. The van der Waals surface area contributed by atoms with Crippen molar-refractivity contribution in [1.29, 1.82) is 0 Å². The van der Waals surface area contributed by atoms with Crippen LogP contribution in [0.4, 0.5) is 0 Å². The minimum atomic E-state index is -0.854. The summed E-state index contributed by atoms with van der Waals surface area (Å²) in [6, 6.07) is 18.2. The largest absolute Gasteiger partial charge is 0.508 e. The van der Waals surface area contributed by atoms with Crippen molar-refractivity contribution < 1.29 is 66.4 Å². The van der Waals surface area contributed by atoms with Gasteiger partial charge in [0.05, 0.1) is 43.6 Å². The molecule has 59 heavy (non-hydrogen) atoms. The molecule has 0 saturated heterocycles. The van der Waals surface area contributed by atoms with Crippen molar-refractivity contribution >= 4 is 43.6 Å². The van der Waals surface area contributed by atoms with Crippen LogP contribution in [0.15, 0.2) is 97.3 Å². The molecule has 2 aromatic heterocycles. The van der Waals surface area contributed by atoms with Crippen LogP contribution in [0, 0.1) is 5.41 Å². The fourth-order valence-electron chi connectivity index (χ4n) is 7.11. The van der Waals surface area contributed by atoms with Gasteiger partial charge in [-0.15, -0.1) is 0 Å². The first kappa shape index (κ1) is 39.1. The SMILES string of the molecule is C=C(O)C(=C)C(C)(C)C.Oc1cc2c(c(O)c1O)c1c(O)c(O)c(O)cc1n2-c1cccc(-c2cccc(-n3c4cc(O)c(O)c(O)c4c4c(O)c(O)c(O)cc43)c2)c1. The number of hydrogen-bond donors (Lipinski definition) is 13. The average Bonchev–Trinajstić information content (AvgIpc) is 3.69. The van der Waals surface area contributed by atoms with Crippen LogP contribution in [0.25, 0.3) is 66.1 Å². The molecule has 8 rings (SSSR count). The fraction of sp³-hybridized carbons (Fsp3) is 0.0909. The summed E-state index contributed by atoms with van der Waals surface area (Å²) in [5.74, 6) is -9.08. The molecule has 0 saturated carbocycles. The number of aliphatic hydroxyl groups is 1. The second-order valence-electron chi connectivity index (χ2n) is 14.9. The molecule has 302 valence electrons. The Morgan fingerprint density at radius 1 is 0.424 bits per heavy atom.